The van der Waals surface area contributed by atoms with Crippen molar-refractivity contribution in [1.82, 2.24) is 10.2 Å². The third-order valence-corrected chi connectivity index (χ3v) is 4.64. The zero-order valence-corrected chi connectivity index (χ0v) is 12.3. The smallest absolute Gasteiger partial charge is 0.222 e. The second-order valence-corrected chi connectivity index (χ2v) is 6.17. The molecule has 3 rings (SSSR count). The molecule has 4 heteroatoms. The fourth-order valence-electron chi connectivity index (χ4n) is 3.41. The van der Waals surface area contributed by atoms with Crippen LogP contribution < -0.4 is 5.32 Å². The Kier molecular flexibility index (Phi) is 4.23. The van der Waals surface area contributed by atoms with Gasteiger partial charge in [0.1, 0.15) is 0 Å². The number of piperidine rings is 1. The van der Waals surface area contributed by atoms with Crippen LogP contribution in [0.25, 0.3) is 0 Å². The van der Waals surface area contributed by atoms with Crippen molar-refractivity contribution in [2.24, 2.45) is 11.8 Å². The monoisotopic (exact) mass is 286 g/mol. The van der Waals surface area contributed by atoms with Gasteiger partial charge in [0.15, 0.2) is 0 Å². The Labute approximate surface area is 125 Å². The van der Waals surface area contributed by atoms with E-state index in [2.05, 4.69) is 17.4 Å². The normalized spacial score (nSPS) is 24.6. The molecule has 2 amide bonds. The molecular formula is C17H22N2O2. The van der Waals surface area contributed by atoms with Gasteiger partial charge in [-0.15, -0.1) is 0 Å². The fraction of sp³-hybridized carbons (Fsp3) is 0.529. The van der Waals surface area contributed by atoms with Crippen molar-refractivity contribution in [3.63, 3.8) is 0 Å². The highest BCUT2D eigenvalue weighted by Gasteiger charge is 2.38. The molecular weight excluding hydrogens is 264 g/mol. The van der Waals surface area contributed by atoms with Crippen molar-refractivity contribution in [3.05, 3.63) is 35.9 Å². The summed E-state index contributed by atoms with van der Waals surface area (Å²) in [5.74, 6) is 1.21. The molecule has 0 bridgehead atoms. The molecule has 0 unspecified atom stereocenters. The maximum absolute atomic E-state index is 12.3. The Bertz CT molecular complexity index is 515. The van der Waals surface area contributed by atoms with E-state index in [0.717, 1.165) is 32.5 Å². The van der Waals surface area contributed by atoms with Crippen LogP contribution in [0, 0.1) is 11.8 Å². The van der Waals surface area contributed by atoms with E-state index in [1.807, 2.05) is 23.1 Å². The molecule has 21 heavy (non-hydrogen) atoms. The summed E-state index contributed by atoms with van der Waals surface area (Å²) in [4.78, 5) is 25.6. The number of benzene rings is 1. The molecule has 2 aliphatic rings. The van der Waals surface area contributed by atoms with Crippen LogP contribution in [0.4, 0.5) is 0 Å². The summed E-state index contributed by atoms with van der Waals surface area (Å²) < 4.78 is 0. The molecule has 4 nitrogen and oxygen atoms in total. The molecule has 112 valence electrons. The Morgan fingerprint density at radius 2 is 1.95 bits per heavy atom. The summed E-state index contributed by atoms with van der Waals surface area (Å²) in [6.07, 6.45) is 3.04. The minimum atomic E-state index is 0.134. The molecule has 0 spiro atoms. The summed E-state index contributed by atoms with van der Waals surface area (Å²) in [6, 6.07) is 10.3. The van der Waals surface area contributed by atoms with Crippen LogP contribution in [0.5, 0.6) is 0 Å². The van der Waals surface area contributed by atoms with E-state index in [4.69, 9.17) is 0 Å². The van der Waals surface area contributed by atoms with Gasteiger partial charge in [0.05, 0.1) is 0 Å². The number of aryl methyl sites for hydroxylation is 1. The first-order valence-electron chi connectivity index (χ1n) is 7.81. The Balaban J connectivity index is 1.45. The second-order valence-electron chi connectivity index (χ2n) is 6.17. The predicted molar refractivity (Wildman–Crippen MR) is 80.6 cm³/mol. The van der Waals surface area contributed by atoms with Crippen LogP contribution in [0.1, 0.15) is 24.8 Å². The third-order valence-electron chi connectivity index (χ3n) is 4.64. The van der Waals surface area contributed by atoms with E-state index >= 15 is 0 Å². The number of carbonyl (C=O) groups is 2. The van der Waals surface area contributed by atoms with E-state index in [0.29, 0.717) is 24.7 Å². The van der Waals surface area contributed by atoms with E-state index < -0.39 is 0 Å². The molecule has 0 radical (unpaired) electrons. The average Bonchev–Trinajstić information content (AvgIpc) is 2.91. The predicted octanol–water partition coefficient (Wildman–Crippen LogP) is 1.60. The van der Waals surface area contributed by atoms with Gasteiger partial charge in [-0.1, -0.05) is 30.3 Å². The van der Waals surface area contributed by atoms with Crippen LogP contribution in [-0.2, 0) is 16.0 Å². The number of hydrogen-bond acceptors (Lipinski definition) is 2. The summed E-state index contributed by atoms with van der Waals surface area (Å²) in [7, 11) is 0. The lowest BCUT2D eigenvalue weighted by Gasteiger charge is -2.23. The molecule has 2 atom stereocenters. The Morgan fingerprint density at radius 3 is 2.76 bits per heavy atom. The van der Waals surface area contributed by atoms with Gasteiger partial charge in [-0.25, -0.2) is 0 Å². The van der Waals surface area contributed by atoms with Crippen molar-refractivity contribution < 1.29 is 9.59 Å². The van der Waals surface area contributed by atoms with Gasteiger partial charge in [0.25, 0.3) is 0 Å². The topological polar surface area (TPSA) is 49.4 Å². The largest absolute Gasteiger partial charge is 0.356 e. The van der Waals surface area contributed by atoms with Gasteiger partial charge >= 0.3 is 0 Å². The molecule has 2 saturated heterocycles. The number of nitrogens with one attached hydrogen (secondary N) is 1. The number of carbonyl (C=O) groups excluding carboxylic acids is 2. The van der Waals surface area contributed by atoms with E-state index in [-0.39, 0.29) is 11.8 Å². The summed E-state index contributed by atoms with van der Waals surface area (Å²) in [5.41, 5.74) is 1.29. The number of amides is 2. The van der Waals surface area contributed by atoms with Gasteiger partial charge < -0.3 is 10.2 Å². The quantitative estimate of drug-likeness (QED) is 0.914. The van der Waals surface area contributed by atoms with Crippen molar-refractivity contribution in [2.75, 3.05) is 19.6 Å². The molecule has 1 aromatic rings. The number of nitrogens with zero attached hydrogens (tertiary/aromatic N) is 1. The van der Waals surface area contributed by atoms with Crippen molar-refractivity contribution in [1.29, 1.82) is 0 Å². The highest BCUT2D eigenvalue weighted by molar-refractivity contribution is 5.79. The Hall–Kier alpha value is -1.84. The maximum Gasteiger partial charge on any atom is 0.222 e. The number of hydrogen-bond donors (Lipinski definition) is 1. The maximum atomic E-state index is 12.3. The number of rotatable bonds is 4. The lowest BCUT2D eigenvalue weighted by atomic mass is 9.89. The molecule has 0 saturated carbocycles. The molecule has 2 fully saturated rings. The van der Waals surface area contributed by atoms with E-state index in [1.165, 1.54) is 5.56 Å². The second kappa shape index (κ2) is 6.29. The molecule has 1 aromatic carbocycles. The third kappa shape index (κ3) is 3.43. The summed E-state index contributed by atoms with van der Waals surface area (Å²) >= 11 is 0. The van der Waals surface area contributed by atoms with Crippen molar-refractivity contribution >= 4 is 11.8 Å². The lowest BCUT2D eigenvalue weighted by Crippen LogP contribution is -2.40. The van der Waals surface area contributed by atoms with Gasteiger partial charge in [0, 0.05) is 32.5 Å². The molecule has 0 aromatic heterocycles. The Morgan fingerprint density at radius 1 is 1.19 bits per heavy atom. The van der Waals surface area contributed by atoms with E-state index in [9.17, 15) is 9.59 Å². The average molecular weight is 286 g/mol. The van der Waals surface area contributed by atoms with E-state index in [1.54, 1.807) is 0 Å². The number of fused-ring (bicyclic) bond motifs is 1. The summed E-state index contributed by atoms with van der Waals surface area (Å²) in [5, 5.41) is 2.90. The minimum absolute atomic E-state index is 0.134. The fourth-order valence-corrected chi connectivity index (χ4v) is 3.41. The molecule has 0 aliphatic carbocycles. The standard InChI is InChI=1S/C17H22N2O2/c20-16-9-14-11-19(12-15(14)10-18-16)17(21)8-4-7-13-5-2-1-3-6-13/h1-3,5-6,14-15H,4,7-12H2,(H,18,20)/t14-,15+/m0/s1. The van der Waals surface area contributed by atoms with Gasteiger partial charge in [-0.3, -0.25) is 9.59 Å². The zero-order valence-electron chi connectivity index (χ0n) is 12.3. The first-order chi connectivity index (χ1) is 10.2. The summed E-state index contributed by atoms with van der Waals surface area (Å²) in [6.45, 7) is 2.31. The number of likely N-dealkylation sites (tertiary alicyclic amines) is 1. The van der Waals surface area contributed by atoms with Crippen LogP contribution in [0.2, 0.25) is 0 Å². The van der Waals surface area contributed by atoms with Crippen LogP contribution >= 0.6 is 0 Å². The highest BCUT2D eigenvalue weighted by Crippen LogP contribution is 2.29. The van der Waals surface area contributed by atoms with Gasteiger partial charge in [-0.2, -0.15) is 0 Å². The molecule has 2 aliphatic heterocycles. The highest BCUT2D eigenvalue weighted by atomic mass is 16.2. The first kappa shape index (κ1) is 14.1. The van der Waals surface area contributed by atoms with Crippen molar-refractivity contribution in [2.45, 2.75) is 25.7 Å². The van der Waals surface area contributed by atoms with Gasteiger partial charge in [0.2, 0.25) is 11.8 Å². The first-order valence-corrected chi connectivity index (χ1v) is 7.81. The SMILES string of the molecule is O=C1C[C@H]2CN(C(=O)CCCc3ccccc3)C[C@H]2CN1. The van der Waals surface area contributed by atoms with Crippen LogP contribution in [-0.4, -0.2) is 36.3 Å². The van der Waals surface area contributed by atoms with Crippen molar-refractivity contribution in [3.8, 4) is 0 Å². The van der Waals surface area contributed by atoms with Crippen LogP contribution in [0.15, 0.2) is 30.3 Å². The lowest BCUT2D eigenvalue weighted by molar-refractivity contribution is -0.130. The zero-order chi connectivity index (χ0) is 14.7. The van der Waals surface area contributed by atoms with Gasteiger partial charge in [-0.05, 0) is 30.2 Å². The van der Waals surface area contributed by atoms with Crippen LogP contribution in [0.3, 0.4) is 0 Å². The molecule has 2 heterocycles. The minimum Gasteiger partial charge on any atom is -0.356 e. The molecule has 1 N–H and O–H groups in total.